The minimum atomic E-state index is -1.25. The van der Waals surface area contributed by atoms with E-state index in [2.05, 4.69) is 46.7 Å². The first-order chi connectivity index (χ1) is 15.6. The third kappa shape index (κ3) is 4.30. The van der Waals surface area contributed by atoms with Crippen molar-refractivity contribution in [2.24, 2.45) is 5.92 Å². The fourth-order valence-corrected chi connectivity index (χ4v) is 10.0. The zero-order chi connectivity index (χ0) is 22.1. The molecule has 7 heteroatoms. The van der Waals surface area contributed by atoms with Gasteiger partial charge in [-0.3, -0.25) is 0 Å². The quantitative estimate of drug-likeness (QED) is 0.523. The van der Waals surface area contributed by atoms with Gasteiger partial charge in [0.2, 0.25) is 0 Å². The number of piperidine rings is 1. The van der Waals surface area contributed by atoms with Gasteiger partial charge in [-0.25, -0.2) is 0 Å². The van der Waals surface area contributed by atoms with Gasteiger partial charge in [-0.1, -0.05) is 0 Å². The number of aryl methyl sites for hydroxylation is 1. The second-order valence-electron chi connectivity index (χ2n) is 9.24. The molecule has 1 N–H and O–H groups in total. The van der Waals surface area contributed by atoms with Gasteiger partial charge in [0.05, 0.1) is 0 Å². The van der Waals surface area contributed by atoms with Crippen LogP contribution >= 0.6 is 0 Å². The molecule has 3 heterocycles. The molecule has 0 radical (unpaired) electrons. The molecule has 1 unspecified atom stereocenters. The molecule has 1 aliphatic carbocycles. The number of carbonyl (C=O) groups is 1. The van der Waals surface area contributed by atoms with Crippen molar-refractivity contribution < 1.29 is 9.90 Å². The fraction of sp³-hybridized carbons (Fsp3) is 0.480. The molecule has 32 heavy (non-hydrogen) atoms. The summed E-state index contributed by atoms with van der Waals surface area (Å²) < 4.78 is 3.01. The first kappa shape index (κ1) is 21.5. The predicted octanol–water partition coefficient (Wildman–Crippen LogP) is 4.69. The first-order valence-electron chi connectivity index (χ1n) is 11.7. The SMILES string of the molecule is C[As](Cc1nc2ccccc2n1C[C@H]1CCCN(C(=O)O)C1)[C@@H]1CCCc2cccnc21. The second kappa shape index (κ2) is 9.27. The van der Waals surface area contributed by atoms with Crippen molar-refractivity contribution in [3.8, 4) is 0 Å². The van der Waals surface area contributed by atoms with E-state index in [1.807, 2.05) is 6.20 Å². The number of benzene rings is 1. The van der Waals surface area contributed by atoms with Crippen molar-refractivity contribution in [2.45, 2.75) is 54.3 Å². The van der Waals surface area contributed by atoms with E-state index < -0.39 is 20.7 Å². The topological polar surface area (TPSA) is 71.2 Å². The number of nitrogens with zero attached hydrogens (tertiary/aromatic N) is 4. The van der Waals surface area contributed by atoms with Crippen LogP contribution in [0.3, 0.4) is 0 Å². The van der Waals surface area contributed by atoms with Gasteiger partial charge in [0, 0.05) is 0 Å². The molecule has 1 fully saturated rings. The molecule has 1 aliphatic heterocycles. The van der Waals surface area contributed by atoms with Gasteiger partial charge in [-0.15, -0.1) is 0 Å². The summed E-state index contributed by atoms with van der Waals surface area (Å²) in [5, 5.41) is 10.5. The standard InChI is InChI=1S/C25H31AsN4O2/c1-26(20-10-4-8-19-9-5-13-27-24(19)20)15-23-28-21-11-2-3-12-22(21)30(23)17-18-7-6-14-29(16-18)25(31)32/h2-3,5,9,11-13,18,20H,4,6-8,10,14-17H2,1H3,(H,31,32)/t18-,20+,26?/m0/s1. The van der Waals surface area contributed by atoms with Gasteiger partial charge >= 0.3 is 194 Å². The number of rotatable bonds is 5. The molecule has 6 nitrogen and oxygen atoms in total. The van der Waals surface area contributed by atoms with E-state index >= 15 is 0 Å². The molecule has 2 aliphatic rings. The van der Waals surface area contributed by atoms with Crippen molar-refractivity contribution in [3.05, 3.63) is 59.7 Å². The van der Waals surface area contributed by atoms with E-state index in [9.17, 15) is 9.90 Å². The predicted molar refractivity (Wildman–Crippen MR) is 127 cm³/mol. The molecule has 3 atom stereocenters. The van der Waals surface area contributed by atoms with Gasteiger partial charge < -0.3 is 0 Å². The van der Waals surface area contributed by atoms with Crippen LogP contribution in [0.2, 0.25) is 5.71 Å². The summed E-state index contributed by atoms with van der Waals surface area (Å²) in [6.45, 7) is 2.12. The summed E-state index contributed by atoms with van der Waals surface area (Å²) >= 11 is -1.25. The molecule has 0 spiro atoms. The number of amides is 1. The number of imidazole rings is 1. The van der Waals surface area contributed by atoms with E-state index in [-0.39, 0.29) is 0 Å². The van der Waals surface area contributed by atoms with Crippen LogP contribution in [0.5, 0.6) is 0 Å². The number of hydrogen-bond acceptors (Lipinski definition) is 3. The number of carboxylic acid groups (broad SMARTS) is 1. The van der Waals surface area contributed by atoms with Crippen molar-refractivity contribution in [2.75, 3.05) is 13.1 Å². The Hall–Kier alpha value is -2.33. The first-order valence-corrected chi connectivity index (χ1v) is 15.9. The van der Waals surface area contributed by atoms with Crippen LogP contribution in [0.1, 0.15) is 47.5 Å². The monoisotopic (exact) mass is 494 g/mol. The summed E-state index contributed by atoms with van der Waals surface area (Å²) in [6, 6.07) is 12.7. The van der Waals surface area contributed by atoms with Crippen LogP contribution in [0.15, 0.2) is 42.6 Å². The Labute approximate surface area is 193 Å². The zero-order valence-corrected chi connectivity index (χ0v) is 20.5. The van der Waals surface area contributed by atoms with Crippen LogP contribution in [-0.4, -0.2) is 58.4 Å². The van der Waals surface area contributed by atoms with Crippen LogP contribution < -0.4 is 0 Å². The number of hydrogen-bond donors (Lipinski definition) is 1. The molecule has 0 saturated carbocycles. The van der Waals surface area contributed by atoms with Gasteiger partial charge in [0.1, 0.15) is 0 Å². The number of pyridine rings is 1. The van der Waals surface area contributed by atoms with Crippen LogP contribution in [0, 0.1) is 5.92 Å². The van der Waals surface area contributed by atoms with E-state index in [0.29, 0.717) is 23.7 Å². The molecule has 1 saturated heterocycles. The summed E-state index contributed by atoms with van der Waals surface area (Å²) in [4.78, 5) is 23.0. The normalized spacial score (nSPS) is 22.0. The van der Waals surface area contributed by atoms with E-state index in [1.54, 1.807) is 4.90 Å². The van der Waals surface area contributed by atoms with Gasteiger partial charge in [-0.2, -0.15) is 0 Å². The number of aromatic nitrogens is 3. The molecule has 3 aromatic rings. The Morgan fingerprint density at radius 1 is 1.19 bits per heavy atom. The van der Waals surface area contributed by atoms with E-state index in [4.69, 9.17) is 9.97 Å². The van der Waals surface area contributed by atoms with Crippen molar-refractivity contribution >= 4 is 31.8 Å². The van der Waals surface area contributed by atoms with E-state index in [1.165, 1.54) is 35.4 Å². The Morgan fingerprint density at radius 2 is 2.06 bits per heavy atom. The Bertz CT molecular complexity index is 1110. The Balaban J connectivity index is 1.41. The number of fused-ring (bicyclic) bond motifs is 2. The number of likely N-dealkylation sites (tertiary alicyclic amines) is 1. The summed E-state index contributed by atoms with van der Waals surface area (Å²) in [5.41, 5.74) is 7.50. The molecule has 0 bridgehead atoms. The third-order valence-electron chi connectivity index (χ3n) is 7.05. The van der Waals surface area contributed by atoms with E-state index in [0.717, 1.165) is 36.5 Å². The molecule has 1 aromatic carbocycles. The van der Waals surface area contributed by atoms with Gasteiger partial charge in [0.15, 0.2) is 0 Å². The maximum atomic E-state index is 11.5. The second-order valence-corrected chi connectivity index (χ2v) is 14.4. The van der Waals surface area contributed by atoms with Crippen molar-refractivity contribution in [3.63, 3.8) is 0 Å². The Morgan fingerprint density at radius 3 is 2.94 bits per heavy atom. The van der Waals surface area contributed by atoms with Crippen LogP contribution in [0.25, 0.3) is 11.0 Å². The molecule has 2 aromatic heterocycles. The summed E-state index contributed by atoms with van der Waals surface area (Å²) in [5.74, 6) is 1.52. The summed E-state index contributed by atoms with van der Waals surface area (Å²) in [6.07, 6.45) is 6.82. The van der Waals surface area contributed by atoms with Crippen LogP contribution in [0.4, 0.5) is 4.79 Å². The molecular weight excluding hydrogens is 463 g/mol. The summed E-state index contributed by atoms with van der Waals surface area (Å²) in [7, 11) is 0. The molecule has 5 rings (SSSR count). The molecule has 1 amide bonds. The zero-order valence-electron chi connectivity index (χ0n) is 18.7. The third-order valence-corrected chi connectivity index (χ3v) is 12.0. The molecule has 168 valence electrons. The van der Waals surface area contributed by atoms with Gasteiger partial charge in [0.25, 0.3) is 0 Å². The van der Waals surface area contributed by atoms with Crippen LogP contribution in [-0.2, 0) is 18.2 Å². The Kier molecular flexibility index (Phi) is 6.23. The average molecular weight is 494 g/mol. The fourth-order valence-electron chi connectivity index (χ4n) is 5.44. The maximum absolute atomic E-state index is 11.5. The molecular formula is C25H31AsN4O2. The van der Waals surface area contributed by atoms with Gasteiger partial charge in [-0.05, 0) is 0 Å². The number of para-hydroxylation sites is 2. The average Bonchev–Trinajstić information content (AvgIpc) is 3.15. The van der Waals surface area contributed by atoms with Crippen molar-refractivity contribution in [1.29, 1.82) is 0 Å². The van der Waals surface area contributed by atoms with Crippen molar-refractivity contribution in [1.82, 2.24) is 19.4 Å². The minimum absolute atomic E-state index is 0.339.